The summed E-state index contributed by atoms with van der Waals surface area (Å²) in [7, 11) is 9.25. The Morgan fingerprint density at radius 2 is 1.89 bits per heavy atom. The van der Waals surface area contributed by atoms with Gasteiger partial charge in [-0.3, -0.25) is 24.0 Å². The van der Waals surface area contributed by atoms with Crippen molar-refractivity contribution in [3.05, 3.63) is 36.2 Å². The number of likely N-dealkylation sites (tertiary alicyclic amines) is 1. The number of pyridine rings is 1. The van der Waals surface area contributed by atoms with Gasteiger partial charge < -0.3 is 15.0 Å². The van der Waals surface area contributed by atoms with Gasteiger partial charge in [0.2, 0.25) is 19.8 Å². The van der Waals surface area contributed by atoms with Gasteiger partial charge in [-0.1, -0.05) is 6.92 Å². The maximum atomic E-state index is 13.4. The number of piperidine rings is 1. The predicted molar refractivity (Wildman–Crippen MR) is 132 cm³/mol. The number of nitrogens with zero attached hydrogens (tertiary/aromatic N) is 7. The summed E-state index contributed by atoms with van der Waals surface area (Å²) in [6, 6.07) is 1.16. The van der Waals surface area contributed by atoms with Crippen LogP contribution in [0.15, 0.2) is 24.7 Å². The van der Waals surface area contributed by atoms with E-state index in [0.717, 1.165) is 6.42 Å². The smallest absolute Gasteiger partial charge is 0.245 e. The van der Waals surface area contributed by atoms with Gasteiger partial charge in [0.25, 0.3) is 0 Å². The van der Waals surface area contributed by atoms with Gasteiger partial charge in [0, 0.05) is 36.3 Å². The van der Waals surface area contributed by atoms with Crippen LogP contribution in [0, 0.1) is 5.41 Å². The van der Waals surface area contributed by atoms with Gasteiger partial charge in [0.05, 0.1) is 24.0 Å². The van der Waals surface area contributed by atoms with Crippen molar-refractivity contribution in [3.8, 4) is 11.3 Å². The predicted octanol–water partition coefficient (Wildman–Crippen LogP) is 0.732. The van der Waals surface area contributed by atoms with Crippen LogP contribution in [0.2, 0.25) is 0 Å². The van der Waals surface area contributed by atoms with Gasteiger partial charge in [0.1, 0.15) is 24.1 Å². The fraction of sp³-hybridized carbons (Fsp3) is 0.458. The molecule has 0 spiro atoms. The highest BCUT2D eigenvalue weighted by Crippen LogP contribution is 2.59. The number of amides is 2. The Morgan fingerprint density at radius 3 is 2.53 bits per heavy atom. The molecule has 2 aliphatic rings. The molecule has 2 amide bonds. The molecule has 4 heterocycles. The molecule has 12 heteroatoms. The lowest BCUT2D eigenvalue weighted by molar-refractivity contribution is -0.139. The van der Waals surface area contributed by atoms with Crippen LogP contribution in [0.5, 0.6) is 0 Å². The van der Waals surface area contributed by atoms with E-state index in [0.29, 0.717) is 41.0 Å². The lowest BCUT2D eigenvalue weighted by Gasteiger charge is -2.26. The van der Waals surface area contributed by atoms with E-state index in [2.05, 4.69) is 32.2 Å². The highest BCUT2D eigenvalue weighted by atomic mass is 16.2. The zero-order valence-corrected chi connectivity index (χ0v) is 20.7. The molecular formula is C24H27BN8O3. The molecule has 0 aromatic carbocycles. The second-order valence-electron chi connectivity index (χ2n) is 10.2. The molecule has 36 heavy (non-hydrogen) atoms. The summed E-state index contributed by atoms with van der Waals surface area (Å²) >= 11 is 0. The summed E-state index contributed by atoms with van der Waals surface area (Å²) in [5.41, 5.74) is 2.05. The average Bonchev–Trinajstić information content (AvgIpc) is 3.21. The van der Waals surface area contributed by atoms with Crippen molar-refractivity contribution < 1.29 is 14.4 Å². The first-order valence-electron chi connectivity index (χ1n) is 11.8. The Kier molecular flexibility index (Phi) is 5.86. The molecule has 0 bridgehead atoms. The van der Waals surface area contributed by atoms with Crippen LogP contribution in [-0.2, 0) is 22.7 Å². The first kappa shape index (κ1) is 24.0. The largest absolute Gasteiger partial charge is 0.407 e. The normalized spacial score (nSPS) is 22.6. The van der Waals surface area contributed by atoms with E-state index in [-0.39, 0.29) is 41.3 Å². The van der Waals surface area contributed by atoms with E-state index < -0.39 is 6.04 Å². The molecule has 1 aliphatic heterocycles. The van der Waals surface area contributed by atoms with Gasteiger partial charge in [-0.25, -0.2) is 9.97 Å². The molecule has 3 aromatic heterocycles. The summed E-state index contributed by atoms with van der Waals surface area (Å²) in [6.07, 6.45) is 6.42. The first-order chi connectivity index (χ1) is 17.1. The second-order valence-corrected chi connectivity index (χ2v) is 10.2. The van der Waals surface area contributed by atoms with E-state index in [1.807, 2.05) is 19.0 Å². The van der Waals surface area contributed by atoms with Gasteiger partial charge >= 0.3 is 0 Å². The highest BCUT2D eigenvalue weighted by Gasteiger charge is 2.64. The lowest BCUT2D eigenvalue weighted by Crippen LogP contribution is -2.48. The minimum atomic E-state index is -0.611. The van der Waals surface area contributed by atoms with E-state index in [9.17, 15) is 14.4 Å². The molecular weight excluding hydrogens is 459 g/mol. The summed E-state index contributed by atoms with van der Waals surface area (Å²) in [4.78, 5) is 55.0. The Bertz CT molecular complexity index is 1370. The van der Waals surface area contributed by atoms with E-state index in [1.54, 1.807) is 29.6 Å². The monoisotopic (exact) mass is 486 g/mol. The number of hydrogen-bond acceptors (Lipinski definition) is 8. The van der Waals surface area contributed by atoms with E-state index in [1.165, 1.54) is 11.6 Å². The molecule has 1 aliphatic carbocycles. The fourth-order valence-electron chi connectivity index (χ4n) is 5.13. The maximum absolute atomic E-state index is 13.4. The zero-order chi connectivity index (χ0) is 25.8. The third-order valence-corrected chi connectivity index (χ3v) is 7.08. The van der Waals surface area contributed by atoms with Crippen LogP contribution in [0.1, 0.15) is 43.0 Å². The molecule has 1 saturated heterocycles. The van der Waals surface area contributed by atoms with Crippen LogP contribution in [0.25, 0.3) is 22.2 Å². The molecule has 3 aromatic rings. The SMILES string of the molecule is [B]NC(=O)C1CC2(C)CC2N1C(=O)Cn1nc(C(C)=O)c2cc(-c3cnc(CN(C)C)nc3)ncc21. The third kappa shape index (κ3) is 4.15. The minimum Gasteiger partial charge on any atom is -0.407 e. The second kappa shape index (κ2) is 8.77. The number of nitrogens with one attached hydrogen (secondary N) is 1. The van der Waals surface area contributed by atoms with Gasteiger partial charge in [-0.2, -0.15) is 5.10 Å². The summed E-state index contributed by atoms with van der Waals surface area (Å²) < 4.78 is 1.48. The first-order valence-corrected chi connectivity index (χ1v) is 11.8. The standard InChI is InChI=1S/C24H27BN8O3/c1-13(34)22-15-5-16(14-8-27-20(28-9-14)11-31(3)4)26-10-18(15)32(30-22)12-21(35)33-17(23(36)29-25)6-24(2)7-19(24)33/h5,8-10,17,19H,6-7,11-12H2,1-4H3,(H,29,36). The van der Waals surface area contributed by atoms with Crippen molar-refractivity contribution in [2.45, 2.75) is 51.9 Å². The average molecular weight is 486 g/mol. The summed E-state index contributed by atoms with van der Waals surface area (Å²) in [5, 5.41) is 7.21. The van der Waals surface area contributed by atoms with Crippen molar-refractivity contribution in [1.82, 2.24) is 39.8 Å². The highest BCUT2D eigenvalue weighted by molar-refractivity contribution is 6.15. The Balaban J connectivity index is 1.45. The van der Waals surface area contributed by atoms with Crippen molar-refractivity contribution in [2.75, 3.05) is 14.1 Å². The van der Waals surface area contributed by atoms with Crippen LogP contribution < -0.4 is 5.23 Å². The topological polar surface area (TPSA) is 126 Å². The molecule has 1 saturated carbocycles. The van der Waals surface area contributed by atoms with Crippen LogP contribution in [0.3, 0.4) is 0 Å². The summed E-state index contributed by atoms with van der Waals surface area (Å²) in [5.74, 6) is -0.159. The molecule has 3 unspecified atom stereocenters. The van der Waals surface area contributed by atoms with E-state index in [4.69, 9.17) is 7.98 Å². The number of rotatable bonds is 7. The van der Waals surface area contributed by atoms with Crippen molar-refractivity contribution in [3.63, 3.8) is 0 Å². The van der Waals surface area contributed by atoms with E-state index >= 15 is 0 Å². The van der Waals surface area contributed by atoms with Crippen LogP contribution in [0.4, 0.5) is 0 Å². The quantitative estimate of drug-likeness (QED) is 0.383. The fourth-order valence-corrected chi connectivity index (χ4v) is 5.13. The molecule has 11 nitrogen and oxygen atoms in total. The molecule has 2 radical (unpaired) electrons. The molecule has 2 fully saturated rings. The Labute approximate surface area is 209 Å². The minimum absolute atomic E-state index is 0.00148. The third-order valence-electron chi connectivity index (χ3n) is 7.08. The van der Waals surface area contributed by atoms with Crippen molar-refractivity contribution in [1.29, 1.82) is 0 Å². The number of hydrogen-bond donors (Lipinski definition) is 1. The Morgan fingerprint density at radius 1 is 1.17 bits per heavy atom. The number of carbonyl (C=O) groups excluding carboxylic acids is 3. The van der Waals surface area contributed by atoms with Crippen molar-refractivity contribution in [2.24, 2.45) is 5.41 Å². The Hall–Kier alpha value is -3.67. The molecule has 3 atom stereocenters. The van der Waals surface area contributed by atoms with Gasteiger partial charge in [-0.05, 0) is 38.4 Å². The number of aromatic nitrogens is 5. The molecule has 184 valence electrons. The van der Waals surface area contributed by atoms with Gasteiger partial charge in [0.15, 0.2) is 5.78 Å². The lowest BCUT2D eigenvalue weighted by atomic mass is 10.0. The van der Waals surface area contributed by atoms with Crippen LogP contribution >= 0.6 is 0 Å². The maximum Gasteiger partial charge on any atom is 0.245 e. The number of ketones is 1. The number of carbonyl (C=O) groups is 3. The van der Waals surface area contributed by atoms with Crippen LogP contribution in [-0.4, -0.2) is 86.3 Å². The summed E-state index contributed by atoms with van der Waals surface area (Å²) in [6.45, 7) is 4.01. The van der Waals surface area contributed by atoms with Gasteiger partial charge in [-0.15, -0.1) is 0 Å². The zero-order valence-electron chi connectivity index (χ0n) is 20.7. The van der Waals surface area contributed by atoms with Crippen molar-refractivity contribution >= 4 is 36.5 Å². The number of fused-ring (bicyclic) bond motifs is 2. The molecule has 1 N–H and O–H groups in total. The number of Topliss-reactive ketones (excluding diaryl/α,β-unsaturated/α-hetero) is 1. The molecule has 5 rings (SSSR count).